The van der Waals surface area contributed by atoms with E-state index < -0.39 is 0 Å². The van der Waals surface area contributed by atoms with Gasteiger partial charge in [-0.1, -0.05) is 49.2 Å². The summed E-state index contributed by atoms with van der Waals surface area (Å²) in [7, 11) is 0. The third-order valence-electron chi connectivity index (χ3n) is 4.23. The smallest absolute Gasteiger partial charge is 0.231 e. The molecule has 1 amide bonds. The van der Waals surface area contributed by atoms with Crippen LogP contribution in [0.1, 0.15) is 25.0 Å². The normalized spacial score (nSPS) is 13.0. The highest BCUT2D eigenvalue weighted by molar-refractivity contribution is 6.42. The van der Waals surface area contributed by atoms with E-state index >= 15 is 0 Å². The number of amides is 1. The summed E-state index contributed by atoms with van der Waals surface area (Å²) in [6.45, 7) is 4.90. The summed E-state index contributed by atoms with van der Waals surface area (Å²) in [5.41, 5.74) is 1.66. The van der Waals surface area contributed by atoms with Gasteiger partial charge in [-0.05, 0) is 35.4 Å². The number of benzene rings is 2. The molecule has 2 aromatic rings. The predicted molar refractivity (Wildman–Crippen MR) is 98.8 cm³/mol. The highest BCUT2D eigenvalue weighted by Gasteiger charge is 2.24. The van der Waals surface area contributed by atoms with Crippen LogP contribution in [-0.4, -0.2) is 19.2 Å². The summed E-state index contributed by atoms with van der Waals surface area (Å²) >= 11 is 11.9. The van der Waals surface area contributed by atoms with Gasteiger partial charge in [0.05, 0.1) is 16.5 Å². The van der Waals surface area contributed by atoms with Crippen LogP contribution in [0, 0.1) is 0 Å². The van der Waals surface area contributed by atoms with E-state index in [1.54, 1.807) is 18.2 Å². The number of rotatable bonds is 5. The molecule has 3 rings (SSSR count). The van der Waals surface area contributed by atoms with Gasteiger partial charge in [-0.3, -0.25) is 4.79 Å². The first-order valence-electron chi connectivity index (χ1n) is 7.96. The molecular formula is C19H19Cl2NO3. The standard InChI is InChI=1S/C19H19Cl2NO3/c1-19(2,13-4-6-16-17(9-13)25-11-24-16)10-22-18(23)8-12-3-5-14(20)15(21)7-12/h3-7,9H,8,10-11H2,1-2H3,(H,22,23). The molecular weight excluding hydrogens is 361 g/mol. The molecule has 0 fully saturated rings. The van der Waals surface area contributed by atoms with Crippen LogP contribution in [0.4, 0.5) is 0 Å². The summed E-state index contributed by atoms with van der Waals surface area (Å²) in [4.78, 5) is 12.2. The van der Waals surface area contributed by atoms with Crippen LogP contribution in [-0.2, 0) is 16.6 Å². The molecule has 1 N–H and O–H groups in total. The minimum absolute atomic E-state index is 0.0628. The number of fused-ring (bicyclic) bond motifs is 1. The van der Waals surface area contributed by atoms with Crippen molar-refractivity contribution in [1.29, 1.82) is 0 Å². The van der Waals surface area contributed by atoms with Gasteiger partial charge in [-0.2, -0.15) is 0 Å². The molecule has 1 aliphatic heterocycles. The van der Waals surface area contributed by atoms with Crippen molar-refractivity contribution in [3.63, 3.8) is 0 Å². The maximum atomic E-state index is 12.2. The Balaban J connectivity index is 1.61. The van der Waals surface area contributed by atoms with Gasteiger partial charge in [0, 0.05) is 12.0 Å². The molecule has 4 nitrogen and oxygen atoms in total. The second kappa shape index (κ2) is 7.14. The van der Waals surface area contributed by atoms with Gasteiger partial charge in [0.2, 0.25) is 12.7 Å². The van der Waals surface area contributed by atoms with Crippen molar-refractivity contribution in [3.05, 3.63) is 57.6 Å². The lowest BCUT2D eigenvalue weighted by atomic mass is 9.84. The molecule has 132 valence electrons. The Hall–Kier alpha value is -1.91. The highest BCUT2D eigenvalue weighted by Crippen LogP contribution is 2.36. The number of carbonyl (C=O) groups excluding carboxylic acids is 1. The van der Waals surface area contributed by atoms with Crippen LogP contribution in [0.3, 0.4) is 0 Å². The van der Waals surface area contributed by atoms with E-state index in [2.05, 4.69) is 19.2 Å². The molecule has 0 bridgehead atoms. The fourth-order valence-electron chi connectivity index (χ4n) is 2.64. The van der Waals surface area contributed by atoms with Crippen LogP contribution in [0.15, 0.2) is 36.4 Å². The van der Waals surface area contributed by atoms with Crippen molar-refractivity contribution < 1.29 is 14.3 Å². The molecule has 1 aliphatic rings. The van der Waals surface area contributed by atoms with Gasteiger partial charge in [0.25, 0.3) is 0 Å². The van der Waals surface area contributed by atoms with E-state index in [1.807, 2.05) is 18.2 Å². The molecule has 6 heteroatoms. The zero-order chi connectivity index (χ0) is 18.0. The van der Waals surface area contributed by atoms with E-state index in [0.29, 0.717) is 16.6 Å². The second-order valence-electron chi connectivity index (χ2n) is 6.65. The number of hydrogen-bond acceptors (Lipinski definition) is 3. The fraction of sp³-hybridized carbons (Fsp3) is 0.316. The van der Waals surface area contributed by atoms with Crippen LogP contribution >= 0.6 is 23.2 Å². The largest absolute Gasteiger partial charge is 0.454 e. The Kier molecular flexibility index (Phi) is 5.11. The SMILES string of the molecule is CC(C)(CNC(=O)Cc1ccc(Cl)c(Cl)c1)c1ccc2c(c1)OCO2. The minimum Gasteiger partial charge on any atom is -0.454 e. The Bertz CT molecular complexity index is 805. The van der Waals surface area contributed by atoms with Gasteiger partial charge in [0.1, 0.15) is 0 Å². The van der Waals surface area contributed by atoms with Gasteiger partial charge in [-0.25, -0.2) is 0 Å². The highest BCUT2D eigenvalue weighted by atomic mass is 35.5. The molecule has 0 atom stereocenters. The number of carbonyl (C=O) groups is 1. The number of ether oxygens (including phenoxy) is 2. The monoisotopic (exact) mass is 379 g/mol. The van der Waals surface area contributed by atoms with Crippen LogP contribution in [0.2, 0.25) is 10.0 Å². The van der Waals surface area contributed by atoms with Crippen LogP contribution in [0.5, 0.6) is 11.5 Å². The average Bonchev–Trinajstić information content (AvgIpc) is 3.04. The van der Waals surface area contributed by atoms with E-state index in [9.17, 15) is 4.79 Å². The third-order valence-corrected chi connectivity index (χ3v) is 4.97. The first-order chi connectivity index (χ1) is 11.8. The van der Waals surface area contributed by atoms with Crippen molar-refractivity contribution in [1.82, 2.24) is 5.32 Å². The summed E-state index contributed by atoms with van der Waals surface area (Å²) in [6, 6.07) is 11.1. The van der Waals surface area contributed by atoms with E-state index in [1.165, 1.54) is 0 Å². The maximum Gasteiger partial charge on any atom is 0.231 e. The van der Waals surface area contributed by atoms with Crippen molar-refractivity contribution in [3.8, 4) is 11.5 Å². The molecule has 0 aromatic heterocycles. The molecule has 0 radical (unpaired) electrons. The lowest BCUT2D eigenvalue weighted by Gasteiger charge is -2.26. The van der Waals surface area contributed by atoms with Crippen LogP contribution < -0.4 is 14.8 Å². The van der Waals surface area contributed by atoms with Gasteiger partial charge < -0.3 is 14.8 Å². The third kappa shape index (κ3) is 4.20. The molecule has 2 aromatic carbocycles. The molecule has 1 heterocycles. The van der Waals surface area contributed by atoms with Gasteiger partial charge in [0.15, 0.2) is 11.5 Å². The zero-order valence-corrected chi connectivity index (χ0v) is 15.6. The van der Waals surface area contributed by atoms with E-state index in [4.69, 9.17) is 32.7 Å². The molecule has 0 aliphatic carbocycles. The second-order valence-corrected chi connectivity index (χ2v) is 7.47. The van der Waals surface area contributed by atoms with Crippen molar-refractivity contribution in [2.75, 3.05) is 13.3 Å². The van der Waals surface area contributed by atoms with Crippen molar-refractivity contribution in [2.45, 2.75) is 25.7 Å². The topological polar surface area (TPSA) is 47.6 Å². The molecule has 0 unspecified atom stereocenters. The Morgan fingerprint density at radius 2 is 1.84 bits per heavy atom. The summed E-state index contributed by atoms with van der Waals surface area (Å²) in [5.74, 6) is 1.43. The summed E-state index contributed by atoms with van der Waals surface area (Å²) in [5, 5.41) is 3.92. The summed E-state index contributed by atoms with van der Waals surface area (Å²) < 4.78 is 10.8. The fourth-order valence-corrected chi connectivity index (χ4v) is 2.96. The number of hydrogen-bond donors (Lipinski definition) is 1. The minimum atomic E-state index is -0.242. The summed E-state index contributed by atoms with van der Waals surface area (Å²) in [6.07, 6.45) is 0.258. The lowest BCUT2D eigenvalue weighted by Crippen LogP contribution is -2.37. The Morgan fingerprint density at radius 3 is 2.60 bits per heavy atom. The van der Waals surface area contributed by atoms with E-state index in [-0.39, 0.29) is 24.5 Å². The average molecular weight is 380 g/mol. The van der Waals surface area contributed by atoms with Gasteiger partial charge in [-0.15, -0.1) is 0 Å². The molecule has 0 spiro atoms. The first-order valence-corrected chi connectivity index (χ1v) is 8.71. The Morgan fingerprint density at radius 1 is 1.08 bits per heavy atom. The van der Waals surface area contributed by atoms with Gasteiger partial charge >= 0.3 is 0 Å². The molecule has 0 saturated heterocycles. The lowest BCUT2D eigenvalue weighted by molar-refractivity contribution is -0.120. The van der Waals surface area contributed by atoms with Crippen LogP contribution in [0.25, 0.3) is 0 Å². The quantitative estimate of drug-likeness (QED) is 0.839. The molecule has 25 heavy (non-hydrogen) atoms. The molecule has 0 saturated carbocycles. The zero-order valence-electron chi connectivity index (χ0n) is 14.1. The van der Waals surface area contributed by atoms with Crippen molar-refractivity contribution in [2.24, 2.45) is 0 Å². The number of halogens is 2. The van der Waals surface area contributed by atoms with Crippen molar-refractivity contribution >= 4 is 29.1 Å². The Labute approximate surface area is 157 Å². The van der Waals surface area contributed by atoms with E-state index in [0.717, 1.165) is 22.6 Å². The maximum absolute atomic E-state index is 12.2. The predicted octanol–water partition coefficient (Wildman–Crippen LogP) is 4.36. The first kappa shape index (κ1) is 17.9. The number of nitrogens with one attached hydrogen (secondary N) is 1.